The smallest absolute Gasteiger partial charge is 0.233 e. The predicted octanol–water partition coefficient (Wildman–Crippen LogP) is 2.61. The Kier molecular flexibility index (Phi) is 4.39. The summed E-state index contributed by atoms with van der Waals surface area (Å²) in [5, 5.41) is 0. The van der Waals surface area contributed by atoms with Crippen molar-refractivity contribution in [3.63, 3.8) is 0 Å². The fraction of sp³-hybridized carbons (Fsp3) is 0.267. The maximum atomic E-state index is 12.0. The summed E-state index contributed by atoms with van der Waals surface area (Å²) in [5.41, 5.74) is 2.00. The third-order valence-electron chi connectivity index (χ3n) is 3.04. The van der Waals surface area contributed by atoms with E-state index in [4.69, 9.17) is 0 Å². The molecule has 0 aliphatic rings. The molecule has 0 N–H and O–H groups in total. The number of benzene rings is 1. The van der Waals surface area contributed by atoms with Gasteiger partial charge in [0.1, 0.15) is 5.82 Å². The van der Waals surface area contributed by atoms with Crippen molar-refractivity contribution in [1.82, 2.24) is 4.98 Å². The van der Waals surface area contributed by atoms with Crippen LogP contribution in [0.15, 0.2) is 48.7 Å². The molecule has 0 fully saturated rings. The lowest BCUT2D eigenvalue weighted by atomic mass is 10.2. The molecule has 0 radical (unpaired) electrons. The van der Waals surface area contributed by atoms with E-state index in [1.54, 1.807) is 6.20 Å². The molecule has 1 aromatic carbocycles. The third kappa shape index (κ3) is 3.57. The summed E-state index contributed by atoms with van der Waals surface area (Å²) in [5.74, 6) is 0.468. The summed E-state index contributed by atoms with van der Waals surface area (Å²) in [6, 6.07) is 13.2. The standard InChI is InChI=1S/C15H18N2O2S/c1-3-13-9-10-16-15(11-13)17(20(2,18)19)12-14-7-5-4-6-8-14/h4-11H,3,12H2,1-2H3. The quantitative estimate of drug-likeness (QED) is 0.850. The SMILES string of the molecule is CCc1ccnc(N(Cc2ccccc2)S(C)(=O)=O)c1. The first-order valence-corrected chi connectivity index (χ1v) is 8.32. The first kappa shape index (κ1) is 14.5. The highest BCUT2D eigenvalue weighted by molar-refractivity contribution is 7.92. The summed E-state index contributed by atoms with van der Waals surface area (Å²) in [4.78, 5) is 4.20. The second-order valence-electron chi connectivity index (χ2n) is 4.63. The van der Waals surface area contributed by atoms with E-state index in [9.17, 15) is 8.42 Å². The van der Waals surface area contributed by atoms with Crippen LogP contribution in [0.5, 0.6) is 0 Å². The molecule has 0 unspecified atom stereocenters. The first-order chi connectivity index (χ1) is 9.50. The van der Waals surface area contributed by atoms with E-state index in [0.29, 0.717) is 12.4 Å². The van der Waals surface area contributed by atoms with Gasteiger partial charge in [-0.25, -0.2) is 17.7 Å². The molecule has 20 heavy (non-hydrogen) atoms. The molecule has 0 aliphatic heterocycles. The van der Waals surface area contributed by atoms with Crippen molar-refractivity contribution in [2.24, 2.45) is 0 Å². The first-order valence-electron chi connectivity index (χ1n) is 6.47. The van der Waals surface area contributed by atoms with Gasteiger partial charge in [0.05, 0.1) is 12.8 Å². The Morgan fingerprint density at radius 3 is 2.40 bits per heavy atom. The number of pyridine rings is 1. The molecule has 1 aromatic heterocycles. The van der Waals surface area contributed by atoms with Crippen LogP contribution < -0.4 is 4.31 Å². The summed E-state index contributed by atoms with van der Waals surface area (Å²) in [6.45, 7) is 2.32. The Hall–Kier alpha value is -1.88. The average Bonchev–Trinajstić information content (AvgIpc) is 2.45. The van der Waals surface area contributed by atoms with Crippen LogP contribution in [0.2, 0.25) is 0 Å². The van der Waals surface area contributed by atoms with E-state index in [0.717, 1.165) is 17.5 Å². The fourth-order valence-electron chi connectivity index (χ4n) is 1.93. The van der Waals surface area contributed by atoms with Crippen LogP contribution in [0.3, 0.4) is 0 Å². The van der Waals surface area contributed by atoms with Crippen molar-refractivity contribution >= 4 is 15.8 Å². The highest BCUT2D eigenvalue weighted by atomic mass is 32.2. The van der Waals surface area contributed by atoms with E-state index in [-0.39, 0.29) is 0 Å². The molecule has 1 heterocycles. The Morgan fingerprint density at radius 2 is 1.80 bits per heavy atom. The molecule has 106 valence electrons. The minimum Gasteiger partial charge on any atom is -0.249 e. The number of aromatic nitrogens is 1. The van der Waals surface area contributed by atoms with Crippen LogP contribution in [-0.4, -0.2) is 19.7 Å². The lowest BCUT2D eigenvalue weighted by Gasteiger charge is -2.21. The van der Waals surface area contributed by atoms with Gasteiger partial charge in [0, 0.05) is 6.20 Å². The summed E-state index contributed by atoms with van der Waals surface area (Å²) < 4.78 is 25.4. The topological polar surface area (TPSA) is 50.3 Å². The van der Waals surface area contributed by atoms with Crippen LogP contribution in [0.4, 0.5) is 5.82 Å². The molecule has 0 bridgehead atoms. The van der Waals surface area contributed by atoms with Gasteiger partial charge in [-0.3, -0.25) is 0 Å². The molecule has 0 amide bonds. The molecule has 4 nitrogen and oxygen atoms in total. The number of anilines is 1. The van der Waals surface area contributed by atoms with Crippen LogP contribution in [0.1, 0.15) is 18.1 Å². The average molecular weight is 290 g/mol. The zero-order chi connectivity index (χ0) is 14.6. The van der Waals surface area contributed by atoms with Gasteiger partial charge in [-0.15, -0.1) is 0 Å². The van der Waals surface area contributed by atoms with Crippen LogP contribution in [0, 0.1) is 0 Å². The fourth-order valence-corrected chi connectivity index (χ4v) is 2.76. The van der Waals surface area contributed by atoms with E-state index in [1.165, 1.54) is 10.6 Å². The Labute approximate surface area is 120 Å². The molecular formula is C15H18N2O2S. The van der Waals surface area contributed by atoms with Gasteiger partial charge in [0.2, 0.25) is 10.0 Å². The maximum Gasteiger partial charge on any atom is 0.233 e. The summed E-state index contributed by atoms with van der Waals surface area (Å²) in [7, 11) is -3.37. The van der Waals surface area contributed by atoms with Crippen molar-refractivity contribution in [2.75, 3.05) is 10.6 Å². The Morgan fingerprint density at radius 1 is 1.10 bits per heavy atom. The summed E-state index contributed by atoms with van der Waals surface area (Å²) in [6.07, 6.45) is 3.70. The predicted molar refractivity (Wildman–Crippen MR) is 81.1 cm³/mol. The number of sulfonamides is 1. The van der Waals surface area contributed by atoms with Gasteiger partial charge >= 0.3 is 0 Å². The third-order valence-corrected chi connectivity index (χ3v) is 4.16. The molecule has 0 spiro atoms. The van der Waals surface area contributed by atoms with Gasteiger partial charge < -0.3 is 0 Å². The molecule has 2 aromatic rings. The second kappa shape index (κ2) is 6.05. The van der Waals surface area contributed by atoms with Gasteiger partial charge in [0.15, 0.2) is 0 Å². The monoisotopic (exact) mass is 290 g/mol. The Bertz CT molecular complexity index is 669. The molecule has 0 saturated heterocycles. The molecular weight excluding hydrogens is 272 g/mol. The van der Waals surface area contributed by atoms with Gasteiger partial charge in [-0.1, -0.05) is 37.3 Å². The molecule has 2 rings (SSSR count). The van der Waals surface area contributed by atoms with Crippen LogP contribution >= 0.6 is 0 Å². The lowest BCUT2D eigenvalue weighted by molar-refractivity contribution is 0.595. The van der Waals surface area contributed by atoms with E-state index < -0.39 is 10.0 Å². The van der Waals surface area contributed by atoms with Gasteiger partial charge in [-0.2, -0.15) is 0 Å². The van der Waals surface area contributed by atoms with Gasteiger partial charge in [-0.05, 0) is 29.7 Å². The van der Waals surface area contributed by atoms with Crippen molar-refractivity contribution in [2.45, 2.75) is 19.9 Å². The highest BCUT2D eigenvalue weighted by Crippen LogP contribution is 2.19. The molecule has 0 saturated carbocycles. The van der Waals surface area contributed by atoms with Crippen LogP contribution in [-0.2, 0) is 23.0 Å². The van der Waals surface area contributed by atoms with Crippen molar-refractivity contribution in [3.05, 3.63) is 59.8 Å². The number of rotatable bonds is 5. The van der Waals surface area contributed by atoms with E-state index in [1.807, 2.05) is 49.4 Å². The van der Waals surface area contributed by atoms with E-state index in [2.05, 4.69) is 4.98 Å². The van der Waals surface area contributed by atoms with E-state index >= 15 is 0 Å². The summed E-state index contributed by atoms with van der Waals surface area (Å²) >= 11 is 0. The highest BCUT2D eigenvalue weighted by Gasteiger charge is 2.19. The lowest BCUT2D eigenvalue weighted by Crippen LogP contribution is -2.30. The van der Waals surface area contributed by atoms with Crippen LogP contribution in [0.25, 0.3) is 0 Å². The molecule has 5 heteroatoms. The minimum absolute atomic E-state index is 0.292. The second-order valence-corrected chi connectivity index (χ2v) is 6.54. The van der Waals surface area contributed by atoms with Crippen molar-refractivity contribution < 1.29 is 8.42 Å². The largest absolute Gasteiger partial charge is 0.249 e. The zero-order valence-corrected chi connectivity index (χ0v) is 12.5. The minimum atomic E-state index is -3.37. The number of nitrogens with zero attached hydrogens (tertiary/aromatic N) is 2. The Balaban J connectivity index is 2.38. The number of hydrogen-bond donors (Lipinski definition) is 0. The van der Waals surface area contributed by atoms with Gasteiger partial charge in [0.25, 0.3) is 0 Å². The normalized spacial score (nSPS) is 11.3. The maximum absolute atomic E-state index is 12.0. The number of aryl methyl sites for hydroxylation is 1. The molecule has 0 atom stereocenters. The van der Waals surface area contributed by atoms with Crippen molar-refractivity contribution in [1.29, 1.82) is 0 Å². The molecule has 0 aliphatic carbocycles. The van der Waals surface area contributed by atoms with Crippen molar-refractivity contribution in [3.8, 4) is 0 Å². The zero-order valence-electron chi connectivity index (χ0n) is 11.7. The number of hydrogen-bond acceptors (Lipinski definition) is 3.